The number of carbonyl (C=O) groups excluding carboxylic acids is 2. The van der Waals surface area contributed by atoms with Gasteiger partial charge in [0.05, 0.1) is 23.3 Å². The van der Waals surface area contributed by atoms with E-state index in [2.05, 4.69) is 0 Å². The van der Waals surface area contributed by atoms with Gasteiger partial charge in [0.2, 0.25) is 12.0 Å². The van der Waals surface area contributed by atoms with Crippen LogP contribution in [0.5, 0.6) is 0 Å². The lowest BCUT2D eigenvalue weighted by Gasteiger charge is -2.10. The first-order valence-electron chi connectivity index (χ1n) is 5.58. The zero-order valence-electron chi connectivity index (χ0n) is 10.5. The lowest BCUT2D eigenvalue weighted by Crippen LogP contribution is -2.29. The van der Waals surface area contributed by atoms with Crippen LogP contribution >= 0.6 is 0 Å². The van der Waals surface area contributed by atoms with Crippen LogP contribution in [0.1, 0.15) is 35.3 Å². The summed E-state index contributed by atoms with van der Waals surface area (Å²) in [5.41, 5.74) is -0.0926. The van der Waals surface area contributed by atoms with E-state index in [-0.39, 0.29) is 16.7 Å². The van der Waals surface area contributed by atoms with E-state index in [1.54, 1.807) is 6.07 Å². The molecule has 0 aliphatic heterocycles. The molecule has 1 atom stereocenters. The second kappa shape index (κ2) is 5.88. The van der Waals surface area contributed by atoms with Crippen molar-refractivity contribution in [1.82, 2.24) is 0 Å². The van der Waals surface area contributed by atoms with Gasteiger partial charge in [-0.1, -0.05) is 13.8 Å². The molecule has 0 aliphatic rings. The highest BCUT2D eigenvalue weighted by Gasteiger charge is 2.30. The number of ketones is 2. The van der Waals surface area contributed by atoms with E-state index >= 15 is 0 Å². The van der Waals surface area contributed by atoms with Gasteiger partial charge in [0.25, 0.3) is 0 Å². The molecule has 0 aliphatic carbocycles. The Hall–Kier alpha value is -2.53. The summed E-state index contributed by atoms with van der Waals surface area (Å²) in [4.78, 5) is 23.3. The molecule has 0 bridgehead atoms. The van der Waals surface area contributed by atoms with Crippen molar-refractivity contribution < 1.29 is 14.0 Å². The maximum absolute atomic E-state index is 13.8. The Morgan fingerprint density at radius 3 is 2.32 bits per heavy atom. The molecular formula is C14H11FN2O2. The van der Waals surface area contributed by atoms with E-state index < -0.39 is 23.7 Å². The Morgan fingerprint density at radius 1 is 1.21 bits per heavy atom. The average molecular weight is 258 g/mol. The first kappa shape index (κ1) is 14.5. The van der Waals surface area contributed by atoms with Gasteiger partial charge in [-0.25, -0.2) is 4.39 Å². The molecule has 0 heterocycles. The topological polar surface area (TPSA) is 81.7 Å². The van der Waals surface area contributed by atoms with Gasteiger partial charge >= 0.3 is 0 Å². The minimum absolute atomic E-state index is 0.108. The highest BCUT2D eigenvalue weighted by Crippen LogP contribution is 2.16. The fourth-order valence-electron chi connectivity index (χ4n) is 1.48. The van der Waals surface area contributed by atoms with Gasteiger partial charge in [-0.05, 0) is 18.2 Å². The summed E-state index contributed by atoms with van der Waals surface area (Å²) in [6.07, 6.45) is -2.28. The molecular weight excluding hydrogens is 247 g/mol. The van der Waals surface area contributed by atoms with Gasteiger partial charge in [-0.2, -0.15) is 10.5 Å². The van der Waals surface area contributed by atoms with Crippen molar-refractivity contribution in [3.8, 4) is 12.1 Å². The van der Waals surface area contributed by atoms with Crippen LogP contribution in [0.3, 0.4) is 0 Å². The second-order valence-corrected chi connectivity index (χ2v) is 4.27. The zero-order valence-corrected chi connectivity index (χ0v) is 10.5. The Balaban J connectivity index is 3.18. The molecule has 0 spiro atoms. The molecule has 4 nitrogen and oxygen atoms in total. The smallest absolute Gasteiger partial charge is 0.221 e. The normalized spacial score (nSPS) is 11.5. The number of rotatable bonds is 4. The van der Waals surface area contributed by atoms with Crippen molar-refractivity contribution in [3.05, 3.63) is 34.9 Å². The highest BCUT2D eigenvalue weighted by atomic mass is 19.1. The van der Waals surface area contributed by atoms with Crippen molar-refractivity contribution in [1.29, 1.82) is 10.5 Å². The first-order valence-corrected chi connectivity index (χ1v) is 5.58. The molecule has 0 amide bonds. The molecule has 0 saturated carbocycles. The van der Waals surface area contributed by atoms with Crippen LogP contribution in [0.4, 0.5) is 4.39 Å². The Morgan fingerprint density at radius 2 is 1.84 bits per heavy atom. The predicted octanol–water partition coefficient (Wildman–Crippen LogP) is 2.18. The average Bonchev–Trinajstić information content (AvgIpc) is 2.43. The Labute approximate surface area is 110 Å². The number of hydrogen-bond donors (Lipinski definition) is 0. The van der Waals surface area contributed by atoms with Crippen molar-refractivity contribution in [2.75, 3.05) is 0 Å². The molecule has 5 heteroatoms. The van der Waals surface area contributed by atoms with Crippen LogP contribution in [0.15, 0.2) is 18.2 Å². The van der Waals surface area contributed by atoms with Crippen molar-refractivity contribution in [3.63, 3.8) is 0 Å². The van der Waals surface area contributed by atoms with Crippen molar-refractivity contribution in [2.45, 2.75) is 20.0 Å². The van der Waals surface area contributed by atoms with E-state index in [0.29, 0.717) is 0 Å². The fraction of sp³-hybridized carbons (Fsp3) is 0.286. The van der Waals surface area contributed by atoms with Crippen LogP contribution in [-0.4, -0.2) is 17.7 Å². The maximum Gasteiger partial charge on any atom is 0.221 e. The van der Waals surface area contributed by atoms with Crippen LogP contribution in [0.2, 0.25) is 0 Å². The van der Waals surface area contributed by atoms with Gasteiger partial charge in [0.15, 0.2) is 5.78 Å². The number of carbonyl (C=O) groups is 2. The molecule has 1 aromatic rings. The molecule has 0 fully saturated rings. The van der Waals surface area contributed by atoms with E-state index in [9.17, 15) is 14.0 Å². The number of Topliss-reactive ketones (excluding diaryl/α,β-unsaturated/α-hetero) is 2. The SMILES string of the molecule is CC(C)C(=O)C(F)C(=O)c1ccc(C#N)cc1C#N. The molecule has 0 saturated heterocycles. The second-order valence-electron chi connectivity index (χ2n) is 4.27. The summed E-state index contributed by atoms with van der Waals surface area (Å²) in [7, 11) is 0. The molecule has 0 N–H and O–H groups in total. The minimum Gasteiger partial charge on any atom is -0.296 e. The lowest BCUT2D eigenvalue weighted by atomic mass is 9.94. The van der Waals surface area contributed by atoms with Gasteiger partial charge in [0.1, 0.15) is 0 Å². The number of nitrogens with zero attached hydrogens (tertiary/aromatic N) is 2. The van der Waals surface area contributed by atoms with Crippen LogP contribution < -0.4 is 0 Å². The molecule has 1 rings (SSSR count). The monoisotopic (exact) mass is 258 g/mol. The molecule has 1 aromatic carbocycles. The summed E-state index contributed by atoms with van der Waals surface area (Å²) < 4.78 is 13.8. The third-order valence-electron chi connectivity index (χ3n) is 2.58. The van der Waals surface area contributed by atoms with E-state index in [0.717, 1.165) is 0 Å². The quantitative estimate of drug-likeness (QED) is 0.612. The minimum atomic E-state index is -2.28. The molecule has 96 valence electrons. The summed E-state index contributed by atoms with van der Waals surface area (Å²) in [5, 5.41) is 17.6. The predicted molar refractivity (Wildman–Crippen MR) is 64.9 cm³/mol. The summed E-state index contributed by atoms with van der Waals surface area (Å²) in [6, 6.07) is 7.23. The van der Waals surface area contributed by atoms with Gasteiger partial charge in [-0.3, -0.25) is 9.59 Å². The van der Waals surface area contributed by atoms with Gasteiger partial charge < -0.3 is 0 Å². The third-order valence-corrected chi connectivity index (χ3v) is 2.58. The fourth-order valence-corrected chi connectivity index (χ4v) is 1.48. The number of nitriles is 2. The van der Waals surface area contributed by atoms with E-state index in [1.165, 1.54) is 32.0 Å². The van der Waals surface area contributed by atoms with E-state index in [1.807, 2.05) is 6.07 Å². The third kappa shape index (κ3) is 3.02. The molecule has 19 heavy (non-hydrogen) atoms. The number of hydrogen-bond acceptors (Lipinski definition) is 4. The zero-order chi connectivity index (χ0) is 14.6. The molecule has 1 unspecified atom stereocenters. The molecule has 0 radical (unpaired) electrons. The largest absolute Gasteiger partial charge is 0.296 e. The first-order chi connectivity index (χ1) is 8.92. The Kier molecular flexibility index (Phi) is 4.50. The van der Waals surface area contributed by atoms with Gasteiger partial charge in [0, 0.05) is 11.5 Å². The summed E-state index contributed by atoms with van der Waals surface area (Å²) in [5.74, 6) is -2.47. The van der Waals surface area contributed by atoms with Gasteiger partial charge in [-0.15, -0.1) is 0 Å². The van der Waals surface area contributed by atoms with E-state index in [4.69, 9.17) is 10.5 Å². The highest BCUT2D eigenvalue weighted by molar-refractivity contribution is 6.14. The lowest BCUT2D eigenvalue weighted by molar-refractivity contribution is -0.125. The van der Waals surface area contributed by atoms with Crippen LogP contribution in [0, 0.1) is 28.6 Å². The van der Waals surface area contributed by atoms with Crippen molar-refractivity contribution in [2.24, 2.45) is 5.92 Å². The maximum atomic E-state index is 13.8. The molecule has 0 aromatic heterocycles. The number of alkyl halides is 1. The van der Waals surface area contributed by atoms with Crippen molar-refractivity contribution >= 4 is 11.6 Å². The Bertz CT molecular complexity index is 609. The standard InChI is InChI=1S/C14H11FN2O2/c1-8(2)13(18)12(15)14(19)11-4-3-9(6-16)5-10(11)7-17/h3-5,8,12H,1-2H3. The summed E-state index contributed by atoms with van der Waals surface area (Å²) in [6.45, 7) is 2.98. The number of halogens is 1. The van der Waals surface area contributed by atoms with Crippen LogP contribution in [0.25, 0.3) is 0 Å². The summed E-state index contributed by atoms with van der Waals surface area (Å²) >= 11 is 0. The number of benzene rings is 1. The van der Waals surface area contributed by atoms with Crippen LogP contribution in [-0.2, 0) is 4.79 Å².